The van der Waals surface area contributed by atoms with Gasteiger partial charge in [0.25, 0.3) is 5.56 Å². The van der Waals surface area contributed by atoms with E-state index in [0.717, 1.165) is 22.2 Å². The van der Waals surface area contributed by atoms with E-state index in [2.05, 4.69) is 10.3 Å². The minimum absolute atomic E-state index is 0.109. The number of rotatable bonds is 3. The highest BCUT2D eigenvalue weighted by Crippen LogP contribution is 2.29. The van der Waals surface area contributed by atoms with Gasteiger partial charge >= 0.3 is 0 Å². The number of carbonyl (C=O) groups excluding carboxylic acids is 1. The van der Waals surface area contributed by atoms with Gasteiger partial charge in [-0.05, 0) is 18.2 Å². The molecular formula is C18H11F2N3O2S. The molecule has 0 saturated carbocycles. The first-order chi connectivity index (χ1) is 12.5. The first-order valence-corrected chi connectivity index (χ1v) is 8.46. The molecule has 1 N–H and O–H groups in total. The highest BCUT2D eigenvalue weighted by molar-refractivity contribution is 7.25. The van der Waals surface area contributed by atoms with Gasteiger partial charge in [-0.15, -0.1) is 11.3 Å². The predicted octanol–water partition coefficient (Wildman–Crippen LogP) is 3.53. The first kappa shape index (κ1) is 16.3. The number of nitrogens with one attached hydrogen (secondary N) is 1. The van der Waals surface area contributed by atoms with Crippen LogP contribution in [0.5, 0.6) is 0 Å². The van der Waals surface area contributed by atoms with E-state index in [1.54, 1.807) is 0 Å². The monoisotopic (exact) mass is 371 g/mol. The molecule has 0 aliphatic heterocycles. The van der Waals surface area contributed by atoms with Crippen LogP contribution in [0.15, 0.2) is 53.6 Å². The number of fused-ring (bicyclic) bond motifs is 3. The second kappa shape index (κ2) is 6.30. The standard InChI is InChI=1S/C18H11F2N3O2S/c19-12-6-5-10(7-13(12)20)22-15(24)8-23-9-21-16-11-3-1-2-4-14(11)26-17(16)18(23)25/h1-7,9H,8H2,(H,22,24). The number of anilines is 1. The molecule has 26 heavy (non-hydrogen) atoms. The fourth-order valence-electron chi connectivity index (χ4n) is 2.66. The Hall–Kier alpha value is -3.13. The van der Waals surface area contributed by atoms with E-state index in [0.29, 0.717) is 10.2 Å². The molecule has 2 heterocycles. The lowest BCUT2D eigenvalue weighted by molar-refractivity contribution is -0.116. The summed E-state index contributed by atoms with van der Waals surface area (Å²) in [6, 6.07) is 10.6. The lowest BCUT2D eigenvalue weighted by Crippen LogP contribution is -2.27. The second-order valence-corrected chi connectivity index (χ2v) is 6.68. The summed E-state index contributed by atoms with van der Waals surface area (Å²) in [5.41, 5.74) is 0.391. The molecule has 2 aromatic carbocycles. The summed E-state index contributed by atoms with van der Waals surface area (Å²) in [5, 5.41) is 3.32. The van der Waals surface area contributed by atoms with Crippen molar-refractivity contribution in [2.45, 2.75) is 6.54 Å². The Labute approximate surface area is 149 Å². The van der Waals surface area contributed by atoms with Crippen LogP contribution >= 0.6 is 11.3 Å². The Morgan fingerprint density at radius 1 is 1.15 bits per heavy atom. The van der Waals surface area contributed by atoms with Gasteiger partial charge in [0.15, 0.2) is 11.6 Å². The highest BCUT2D eigenvalue weighted by Gasteiger charge is 2.13. The molecule has 0 saturated heterocycles. The van der Waals surface area contributed by atoms with Gasteiger partial charge in [0, 0.05) is 21.8 Å². The zero-order valence-electron chi connectivity index (χ0n) is 13.2. The van der Waals surface area contributed by atoms with Gasteiger partial charge in [0.2, 0.25) is 5.91 Å². The molecule has 130 valence electrons. The SMILES string of the molecule is O=C(Cn1cnc2c(sc3ccccc32)c1=O)Nc1ccc(F)c(F)c1. The third-order valence-corrected chi connectivity index (χ3v) is 5.02. The molecule has 0 fully saturated rings. The smallest absolute Gasteiger partial charge is 0.271 e. The van der Waals surface area contributed by atoms with E-state index in [4.69, 9.17) is 0 Å². The maximum atomic E-state index is 13.2. The van der Waals surface area contributed by atoms with Crippen LogP contribution in [-0.2, 0) is 11.3 Å². The first-order valence-electron chi connectivity index (χ1n) is 7.64. The normalized spacial score (nSPS) is 11.2. The molecule has 5 nitrogen and oxygen atoms in total. The fraction of sp³-hybridized carbons (Fsp3) is 0.0556. The van der Waals surface area contributed by atoms with Crippen LogP contribution in [0.4, 0.5) is 14.5 Å². The molecule has 0 unspecified atom stereocenters. The zero-order chi connectivity index (χ0) is 18.3. The highest BCUT2D eigenvalue weighted by atomic mass is 32.1. The molecule has 4 aromatic rings. The second-order valence-electron chi connectivity index (χ2n) is 5.63. The van der Waals surface area contributed by atoms with E-state index in [1.807, 2.05) is 24.3 Å². The zero-order valence-corrected chi connectivity index (χ0v) is 14.0. The van der Waals surface area contributed by atoms with E-state index in [9.17, 15) is 18.4 Å². The maximum absolute atomic E-state index is 13.2. The van der Waals surface area contributed by atoms with Gasteiger partial charge < -0.3 is 5.32 Å². The number of hydrogen-bond acceptors (Lipinski definition) is 4. The number of aromatic nitrogens is 2. The summed E-state index contributed by atoms with van der Waals surface area (Å²) >= 11 is 1.32. The number of benzene rings is 2. The van der Waals surface area contributed by atoms with Crippen molar-refractivity contribution in [2.24, 2.45) is 0 Å². The van der Waals surface area contributed by atoms with Crippen LogP contribution in [0.1, 0.15) is 0 Å². The van der Waals surface area contributed by atoms with Gasteiger partial charge in [0.05, 0.1) is 11.8 Å². The molecule has 8 heteroatoms. The number of nitrogens with zero attached hydrogens (tertiary/aromatic N) is 2. The largest absolute Gasteiger partial charge is 0.324 e. The molecule has 0 radical (unpaired) electrons. The quantitative estimate of drug-likeness (QED) is 0.599. The van der Waals surface area contributed by atoms with Gasteiger partial charge in [0.1, 0.15) is 11.2 Å². The summed E-state index contributed by atoms with van der Waals surface area (Å²) in [7, 11) is 0. The van der Waals surface area contributed by atoms with E-state index in [-0.39, 0.29) is 17.8 Å². The molecule has 1 amide bonds. The fourth-order valence-corrected chi connectivity index (χ4v) is 3.76. The van der Waals surface area contributed by atoms with Crippen LogP contribution < -0.4 is 10.9 Å². The topological polar surface area (TPSA) is 64.0 Å². The van der Waals surface area contributed by atoms with E-state index >= 15 is 0 Å². The number of halogens is 2. The molecule has 0 aliphatic rings. The van der Waals surface area contributed by atoms with Crippen molar-refractivity contribution >= 4 is 43.2 Å². The molecule has 0 aliphatic carbocycles. The third-order valence-electron chi connectivity index (χ3n) is 3.87. The van der Waals surface area contributed by atoms with Gasteiger partial charge in [-0.1, -0.05) is 18.2 Å². The van der Waals surface area contributed by atoms with Gasteiger partial charge in [-0.2, -0.15) is 0 Å². The molecule has 0 atom stereocenters. The van der Waals surface area contributed by atoms with Crippen LogP contribution in [0.2, 0.25) is 0 Å². The molecular weight excluding hydrogens is 360 g/mol. The number of carbonyl (C=O) groups is 1. The van der Waals surface area contributed by atoms with Crippen molar-refractivity contribution in [1.29, 1.82) is 0 Å². The minimum Gasteiger partial charge on any atom is -0.324 e. The van der Waals surface area contributed by atoms with E-state index < -0.39 is 17.5 Å². The number of hydrogen-bond donors (Lipinski definition) is 1. The maximum Gasteiger partial charge on any atom is 0.271 e. The average Bonchev–Trinajstić information content (AvgIpc) is 3.00. The molecule has 0 spiro atoms. The lowest BCUT2D eigenvalue weighted by Gasteiger charge is -2.07. The van der Waals surface area contributed by atoms with E-state index in [1.165, 1.54) is 28.3 Å². The average molecular weight is 371 g/mol. The van der Waals surface area contributed by atoms with Gasteiger partial charge in [-0.3, -0.25) is 14.2 Å². The molecule has 4 rings (SSSR count). The minimum atomic E-state index is -1.06. The van der Waals surface area contributed by atoms with Crippen molar-refractivity contribution in [3.8, 4) is 0 Å². The van der Waals surface area contributed by atoms with Crippen molar-refractivity contribution in [3.05, 3.63) is 70.8 Å². The molecule has 2 aromatic heterocycles. The number of amides is 1. The van der Waals surface area contributed by atoms with Crippen molar-refractivity contribution in [1.82, 2.24) is 9.55 Å². The Morgan fingerprint density at radius 3 is 2.77 bits per heavy atom. The summed E-state index contributed by atoms with van der Waals surface area (Å²) in [4.78, 5) is 29.1. The van der Waals surface area contributed by atoms with Crippen molar-refractivity contribution in [3.63, 3.8) is 0 Å². The summed E-state index contributed by atoms with van der Waals surface area (Å²) in [6.45, 7) is -0.283. The summed E-state index contributed by atoms with van der Waals surface area (Å²) in [6.07, 6.45) is 1.31. The lowest BCUT2D eigenvalue weighted by atomic mass is 10.2. The number of thiophene rings is 1. The van der Waals surface area contributed by atoms with Crippen molar-refractivity contribution in [2.75, 3.05) is 5.32 Å². The van der Waals surface area contributed by atoms with Gasteiger partial charge in [-0.25, -0.2) is 13.8 Å². The summed E-state index contributed by atoms with van der Waals surface area (Å²) < 4.78 is 28.7. The third kappa shape index (κ3) is 2.84. The Balaban J connectivity index is 1.63. The van der Waals surface area contributed by atoms with Crippen LogP contribution in [-0.4, -0.2) is 15.5 Å². The van der Waals surface area contributed by atoms with Crippen LogP contribution in [0, 0.1) is 11.6 Å². The van der Waals surface area contributed by atoms with Crippen molar-refractivity contribution < 1.29 is 13.6 Å². The Morgan fingerprint density at radius 2 is 1.96 bits per heavy atom. The van der Waals surface area contributed by atoms with Crippen LogP contribution in [0.3, 0.4) is 0 Å². The Bertz CT molecular complexity index is 1220. The molecule has 0 bridgehead atoms. The summed E-state index contributed by atoms with van der Waals surface area (Å²) in [5.74, 6) is -2.60. The Kier molecular flexibility index (Phi) is 3.96. The van der Waals surface area contributed by atoms with Crippen LogP contribution in [0.25, 0.3) is 20.3 Å². The predicted molar refractivity (Wildman–Crippen MR) is 96.4 cm³/mol.